The largest absolute Gasteiger partial charge is 0.327 e. The highest BCUT2D eigenvalue weighted by Gasteiger charge is 2.37. The maximum absolute atomic E-state index is 12.8. The summed E-state index contributed by atoms with van der Waals surface area (Å²) >= 11 is 0. The number of aliphatic imine (C=N–C) groups is 2. The maximum atomic E-state index is 12.8. The number of Topliss-reactive ketones (excluding diaryl/α,β-unsaturated/α-hetero) is 2. The summed E-state index contributed by atoms with van der Waals surface area (Å²) in [6, 6.07) is 0. The van der Waals surface area contributed by atoms with E-state index in [2.05, 4.69) is 9.98 Å². The average molecular weight is 348 g/mol. The van der Waals surface area contributed by atoms with Gasteiger partial charge < -0.3 is 11.5 Å². The topological polar surface area (TPSA) is 111 Å². The average Bonchev–Trinajstić information content (AvgIpc) is 2.66. The van der Waals surface area contributed by atoms with E-state index in [1.54, 1.807) is 48.9 Å². The molecule has 1 saturated carbocycles. The molecule has 26 heavy (non-hydrogen) atoms. The van der Waals surface area contributed by atoms with Crippen LogP contribution >= 0.6 is 0 Å². The summed E-state index contributed by atoms with van der Waals surface area (Å²) < 4.78 is 0. The van der Waals surface area contributed by atoms with Crippen LogP contribution in [0.3, 0.4) is 0 Å². The zero-order valence-corrected chi connectivity index (χ0v) is 14.3. The van der Waals surface area contributed by atoms with E-state index in [4.69, 9.17) is 11.5 Å². The molecule has 0 aromatic carbocycles. The lowest BCUT2D eigenvalue weighted by Gasteiger charge is -2.26. The molecule has 0 unspecified atom stereocenters. The van der Waals surface area contributed by atoms with Crippen molar-refractivity contribution in [3.63, 3.8) is 0 Å². The second-order valence-corrected chi connectivity index (χ2v) is 5.90. The fraction of sp³-hybridized carbons (Fsp3) is 0.200. The van der Waals surface area contributed by atoms with Gasteiger partial charge in [-0.3, -0.25) is 19.6 Å². The number of carbonyl (C=O) groups is 2. The van der Waals surface area contributed by atoms with Crippen LogP contribution in [0.4, 0.5) is 0 Å². The highest BCUT2D eigenvalue weighted by atomic mass is 16.1. The SMILES string of the molecule is NCC=CN=C1C=C2C(=O)C3=CCC(=NC=CCN)C=C3C(=O)C2=CC1. The molecule has 0 saturated heterocycles. The van der Waals surface area contributed by atoms with Gasteiger partial charge >= 0.3 is 0 Å². The molecule has 0 heterocycles. The Balaban J connectivity index is 1.94. The molecule has 6 nitrogen and oxygen atoms in total. The van der Waals surface area contributed by atoms with Gasteiger partial charge in [-0.2, -0.15) is 0 Å². The van der Waals surface area contributed by atoms with Crippen molar-refractivity contribution in [2.75, 3.05) is 13.1 Å². The summed E-state index contributed by atoms with van der Waals surface area (Å²) in [7, 11) is 0. The Bertz CT molecular complexity index is 819. The first-order valence-corrected chi connectivity index (χ1v) is 8.43. The molecule has 3 rings (SSSR count). The van der Waals surface area contributed by atoms with Crippen molar-refractivity contribution in [2.24, 2.45) is 21.5 Å². The van der Waals surface area contributed by atoms with Gasteiger partial charge in [0.15, 0.2) is 11.6 Å². The highest BCUT2D eigenvalue weighted by Crippen LogP contribution is 2.35. The predicted octanol–water partition coefficient (Wildman–Crippen LogP) is 1.48. The summed E-state index contributed by atoms with van der Waals surface area (Å²) in [5.41, 5.74) is 14.0. The smallest absolute Gasteiger partial charge is 0.194 e. The third-order valence-electron chi connectivity index (χ3n) is 4.18. The van der Waals surface area contributed by atoms with E-state index in [0.29, 0.717) is 48.2 Å². The molecule has 3 aliphatic carbocycles. The molecule has 1 fully saturated rings. The standard InChI is InChI=1S/C20H20N4O2/c21-7-1-9-23-13-3-5-15-17(11-13)19(25)16-6-4-14(24-10-2-8-22)12-18(16)20(15)26/h1-2,5-6,9-12H,3-4,7-8,21-22H2. The summed E-state index contributed by atoms with van der Waals surface area (Å²) in [6.07, 6.45) is 14.6. The fourth-order valence-corrected chi connectivity index (χ4v) is 2.93. The zero-order chi connectivity index (χ0) is 18.5. The Morgan fingerprint density at radius 3 is 1.58 bits per heavy atom. The number of rotatable bonds is 4. The first kappa shape index (κ1) is 17.8. The molecule has 0 spiro atoms. The van der Waals surface area contributed by atoms with Crippen LogP contribution in [-0.4, -0.2) is 36.1 Å². The van der Waals surface area contributed by atoms with E-state index in [-0.39, 0.29) is 11.6 Å². The Kier molecular flexibility index (Phi) is 5.46. The zero-order valence-electron chi connectivity index (χ0n) is 14.3. The minimum atomic E-state index is -0.145. The molecule has 3 aliphatic rings. The van der Waals surface area contributed by atoms with Crippen LogP contribution in [0, 0.1) is 0 Å². The number of ketones is 2. The molecule has 0 aliphatic heterocycles. The van der Waals surface area contributed by atoms with E-state index < -0.39 is 0 Å². The Morgan fingerprint density at radius 2 is 1.19 bits per heavy atom. The fourth-order valence-electron chi connectivity index (χ4n) is 2.93. The minimum absolute atomic E-state index is 0.145. The molecule has 132 valence electrons. The van der Waals surface area contributed by atoms with Crippen molar-refractivity contribution in [3.8, 4) is 0 Å². The third kappa shape index (κ3) is 3.51. The first-order valence-electron chi connectivity index (χ1n) is 8.43. The number of nitrogens with zero attached hydrogens (tertiary/aromatic N) is 2. The van der Waals surface area contributed by atoms with Crippen LogP contribution < -0.4 is 11.5 Å². The molecule has 4 N–H and O–H groups in total. The molecule has 0 atom stereocenters. The van der Waals surface area contributed by atoms with Crippen LogP contribution in [0.25, 0.3) is 0 Å². The molecule has 0 aromatic heterocycles. The minimum Gasteiger partial charge on any atom is -0.327 e. The van der Waals surface area contributed by atoms with Gasteiger partial charge in [0, 0.05) is 72.0 Å². The van der Waals surface area contributed by atoms with Gasteiger partial charge in [-0.05, 0) is 12.2 Å². The van der Waals surface area contributed by atoms with Crippen molar-refractivity contribution in [3.05, 3.63) is 71.1 Å². The number of allylic oxidation sites excluding steroid dienone is 8. The van der Waals surface area contributed by atoms with E-state index >= 15 is 0 Å². The summed E-state index contributed by atoms with van der Waals surface area (Å²) in [6.45, 7) is 0.800. The van der Waals surface area contributed by atoms with Gasteiger partial charge in [-0.25, -0.2) is 0 Å². The molecular weight excluding hydrogens is 328 g/mol. The van der Waals surface area contributed by atoms with Crippen LogP contribution in [0.1, 0.15) is 12.8 Å². The molecule has 0 amide bonds. The number of fused-ring (bicyclic) bond motifs is 2. The Labute approximate surface area is 151 Å². The van der Waals surface area contributed by atoms with Gasteiger partial charge in [0.1, 0.15) is 0 Å². The van der Waals surface area contributed by atoms with Crippen LogP contribution in [0.15, 0.2) is 81.1 Å². The van der Waals surface area contributed by atoms with Crippen molar-refractivity contribution >= 4 is 23.0 Å². The lowest BCUT2D eigenvalue weighted by Crippen LogP contribution is -2.29. The Morgan fingerprint density at radius 1 is 0.769 bits per heavy atom. The number of hydrogen-bond donors (Lipinski definition) is 2. The van der Waals surface area contributed by atoms with E-state index in [9.17, 15) is 9.59 Å². The maximum Gasteiger partial charge on any atom is 0.194 e. The number of carbonyl (C=O) groups excluding carboxylic acids is 2. The molecule has 6 heteroatoms. The lowest BCUT2D eigenvalue weighted by atomic mass is 9.75. The molecular formula is C20H20N4O2. The normalized spacial score (nSPS) is 23.2. The Hall–Kier alpha value is -2.96. The van der Waals surface area contributed by atoms with E-state index in [1.165, 1.54) is 0 Å². The number of hydrogen-bond acceptors (Lipinski definition) is 6. The van der Waals surface area contributed by atoms with Crippen molar-refractivity contribution in [2.45, 2.75) is 12.8 Å². The summed E-state index contributed by atoms with van der Waals surface area (Å²) in [5, 5.41) is 0. The quantitative estimate of drug-likeness (QED) is 0.801. The van der Waals surface area contributed by atoms with Crippen LogP contribution in [0.2, 0.25) is 0 Å². The first-order chi connectivity index (χ1) is 12.7. The van der Waals surface area contributed by atoms with E-state index in [1.807, 2.05) is 0 Å². The van der Waals surface area contributed by atoms with Crippen LogP contribution in [0.5, 0.6) is 0 Å². The van der Waals surface area contributed by atoms with Crippen LogP contribution in [-0.2, 0) is 9.59 Å². The highest BCUT2D eigenvalue weighted by molar-refractivity contribution is 6.37. The van der Waals surface area contributed by atoms with Crippen molar-refractivity contribution in [1.29, 1.82) is 0 Å². The monoisotopic (exact) mass is 348 g/mol. The summed E-state index contributed by atoms with van der Waals surface area (Å²) in [4.78, 5) is 34.3. The van der Waals surface area contributed by atoms with Gasteiger partial charge in [0.2, 0.25) is 0 Å². The van der Waals surface area contributed by atoms with Gasteiger partial charge in [-0.1, -0.05) is 24.3 Å². The molecule has 0 radical (unpaired) electrons. The predicted molar refractivity (Wildman–Crippen MR) is 103 cm³/mol. The van der Waals surface area contributed by atoms with Gasteiger partial charge in [0.05, 0.1) is 0 Å². The third-order valence-corrected chi connectivity index (χ3v) is 4.18. The second kappa shape index (κ2) is 7.95. The second-order valence-electron chi connectivity index (χ2n) is 5.90. The number of nitrogens with two attached hydrogens (primary N) is 2. The van der Waals surface area contributed by atoms with Gasteiger partial charge in [-0.15, -0.1) is 0 Å². The molecule has 0 aromatic rings. The van der Waals surface area contributed by atoms with Gasteiger partial charge in [0.25, 0.3) is 0 Å². The molecule has 0 bridgehead atoms. The van der Waals surface area contributed by atoms with Crippen molar-refractivity contribution < 1.29 is 9.59 Å². The van der Waals surface area contributed by atoms with E-state index in [0.717, 1.165) is 11.4 Å². The lowest BCUT2D eigenvalue weighted by molar-refractivity contribution is -0.117. The van der Waals surface area contributed by atoms with Crippen molar-refractivity contribution in [1.82, 2.24) is 0 Å². The summed E-state index contributed by atoms with van der Waals surface area (Å²) in [5.74, 6) is -0.289.